The molecule has 1 amide bonds. The molecule has 0 radical (unpaired) electrons. The molecule has 3 aromatic carbocycles. The van der Waals surface area contributed by atoms with Crippen LogP contribution in [0.25, 0.3) is 0 Å². The Bertz CT molecular complexity index is 987. The summed E-state index contributed by atoms with van der Waals surface area (Å²) in [5.74, 6) is 0.274. The second-order valence-electron chi connectivity index (χ2n) is 6.55. The van der Waals surface area contributed by atoms with Crippen molar-refractivity contribution in [2.24, 2.45) is 0 Å². The molecule has 0 spiro atoms. The van der Waals surface area contributed by atoms with Crippen LogP contribution in [0, 0.1) is 0 Å². The molecule has 0 aliphatic carbocycles. The predicted molar refractivity (Wildman–Crippen MR) is 110 cm³/mol. The molecular weight excluding hydrogens is 405 g/mol. The lowest BCUT2D eigenvalue weighted by Crippen LogP contribution is -2.36. The number of para-hydroxylation sites is 2. The van der Waals surface area contributed by atoms with Crippen molar-refractivity contribution in [3.8, 4) is 17.2 Å². The summed E-state index contributed by atoms with van der Waals surface area (Å²) in [6.45, 7) is 0.0776. The Morgan fingerprint density at radius 2 is 1.57 bits per heavy atom. The van der Waals surface area contributed by atoms with Gasteiger partial charge in [-0.15, -0.1) is 0 Å². The van der Waals surface area contributed by atoms with E-state index in [0.717, 1.165) is 5.56 Å². The molecule has 0 bridgehead atoms. The molecule has 1 N–H and O–H groups in total. The van der Waals surface area contributed by atoms with Crippen molar-refractivity contribution in [2.45, 2.75) is 12.4 Å². The molecule has 8 heteroatoms. The molecular formula is C22H20NO6P. The quantitative estimate of drug-likeness (QED) is 0.595. The number of benzene rings is 3. The number of carbonyl (C=O) groups is 1. The van der Waals surface area contributed by atoms with E-state index in [1.807, 2.05) is 30.3 Å². The van der Waals surface area contributed by atoms with E-state index in [2.05, 4.69) is 5.32 Å². The van der Waals surface area contributed by atoms with Crippen molar-refractivity contribution >= 4 is 14.0 Å². The summed E-state index contributed by atoms with van der Waals surface area (Å²) >= 11 is 0. The number of methoxy groups -OCH3 is 1. The van der Waals surface area contributed by atoms with Gasteiger partial charge in [-0.3, -0.25) is 5.32 Å². The van der Waals surface area contributed by atoms with Gasteiger partial charge in [-0.2, -0.15) is 0 Å². The molecule has 30 heavy (non-hydrogen) atoms. The van der Waals surface area contributed by atoms with Crippen LogP contribution in [0.5, 0.6) is 17.2 Å². The third kappa shape index (κ3) is 4.32. The van der Waals surface area contributed by atoms with Crippen molar-refractivity contribution in [2.75, 3.05) is 7.11 Å². The van der Waals surface area contributed by atoms with E-state index in [1.54, 1.807) is 55.6 Å². The number of hydrogen-bond acceptors (Lipinski definition) is 6. The fourth-order valence-corrected chi connectivity index (χ4v) is 4.91. The number of amides is 1. The maximum absolute atomic E-state index is 13.6. The van der Waals surface area contributed by atoms with Gasteiger partial charge < -0.3 is 23.4 Å². The van der Waals surface area contributed by atoms with Gasteiger partial charge in [-0.1, -0.05) is 42.5 Å². The summed E-state index contributed by atoms with van der Waals surface area (Å²) in [4.78, 5) is 26.1. The average Bonchev–Trinajstić information content (AvgIpc) is 3.14. The first-order valence-electron chi connectivity index (χ1n) is 9.26. The number of nitrogens with one attached hydrogen (secondary N) is 1. The molecule has 7 nitrogen and oxygen atoms in total. The van der Waals surface area contributed by atoms with E-state index in [9.17, 15) is 9.69 Å². The number of alkyl carbamates (subject to hydrolysis) is 1. The minimum atomic E-state index is -3.81. The smallest absolute Gasteiger partial charge is 0.410 e. The van der Waals surface area contributed by atoms with Crippen LogP contribution in [0.3, 0.4) is 0 Å². The first-order chi connectivity index (χ1) is 14.6. The lowest BCUT2D eigenvalue weighted by Gasteiger charge is -2.29. The Labute approximate surface area is 174 Å². The molecule has 0 saturated heterocycles. The topological polar surface area (TPSA) is 89.1 Å². The largest absolute Gasteiger partial charge is 0.615 e. The fourth-order valence-electron chi connectivity index (χ4n) is 3.01. The number of rotatable bonds is 6. The van der Waals surface area contributed by atoms with Crippen LogP contribution in [0.1, 0.15) is 16.9 Å². The maximum Gasteiger partial charge on any atom is 0.410 e. The van der Waals surface area contributed by atoms with E-state index >= 15 is 0 Å². The summed E-state index contributed by atoms with van der Waals surface area (Å²) in [5, 5.41) is 2.64. The molecule has 1 aliphatic heterocycles. The van der Waals surface area contributed by atoms with Gasteiger partial charge >= 0.3 is 14.0 Å². The van der Waals surface area contributed by atoms with Gasteiger partial charge in [-0.05, 0) is 42.0 Å². The van der Waals surface area contributed by atoms with Crippen molar-refractivity contribution < 1.29 is 28.2 Å². The average molecular weight is 425 g/mol. The second kappa shape index (κ2) is 8.61. The van der Waals surface area contributed by atoms with Crippen LogP contribution < -0.4 is 24.0 Å². The van der Waals surface area contributed by atoms with Crippen LogP contribution in [0.4, 0.5) is 4.79 Å². The standard InChI is InChI=1S/C22H20NO6P/c1-26-18-13-11-17(12-14-18)21(23-22(24)27-15-16-7-3-2-4-8-16)30(25)28-19-9-5-6-10-20(19)29-30/h2-14,21H,15H2,1H3,(H,23,24). The summed E-state index contributed by atoms with van der Waals surface area (Å²) in [5.41, 5.74) is 1.37. The second-order valence-corrected chi connectivity index (χ2v) is 8.51. The van der Waals surface area contributed by atoms with E-state index < -0.39 is 19.8 Å². The highest BCUT2D eigenvalue weighted by molar-refractivity contribution is 7.60. The van der Waals surface area contributed by atoms with Gasteiger partial charge in [0, 0.05) is 5.56 Å². The Hall–Kier alpha value is -3.28. The molecule has 0 saturated carbocycles. The van der Waals surface area contributed by atoms with Gasteiger partial charge in [0.1, 0.15) is 12.4 Å². The SMILES string of the molecule is COc1ccc(C(NC(=O)OCc2ccccc2)[P+]2([O-])Oc3ccccc3O2)cc1. The number of carbonyl (C=O) groups excluding carboxylic acids is 1. The number of fused-ring (bicyclic) bond motifs is 1. The van der Waals surface area contributed by atoms with Gasteiger partial charge in [-0.25, -0.2) is 4.79 Å². The van der Waals surface area contributed by atoms with Crippen LogP contribution >= 0.6 is 7.94 Å². The van der Waals surface area contributed by atoms with Crippen molar-refractivity contribution in [3.63, 3.8) is 0 Å². The summed E-state index contributed by atoms with van der Waals surface area (Å²) in [6, 6.07) is 22.9. The zero-order valence-corrected chi connectivity index (χ0v) is 17.1. The number of ether oxygens (including phenoxy) is 2. The minimum Gasteiger partial charge on any atom is -0.615 e. The lowest BCUT2D eigenvalue weighted by atomic mass is 10.2. The molecule has 0 aromatic heterocycles. The van der Waals surface area contributed by atoms with E-state index in [-0.39, 0.29) is 6.61 Å². The molecule has 1 atom stereocenters. The summed E-state index contributed by atoms with van der Waals surface area (Å²) < 4.78 is 21.8. The first kappa shape index (κ1) is 20.0. The Morgan fingerprint density at radius 3 is 2.17 bits per heavy atom. The number of hydrogen-bond donors (Lipinski definition) is 1. The Balaban J connectivity index is 1.55. The van der Waals surface area contributed by atoms with Crippen molar-refractivity contribution in [1.29, 1.82) is 0 Å². The van der Waals surface area contributed by atoms with Crippen LogP contribution in [-0.4, -0.2) is 13.2 Å². The first-order valence-corrected chi connectivity index (χ1v) is 10.9. The predicted octanol–water partition coefficient (Wildman–Crippen LogP) is 4.21. The monoisotopic (exact) mass is 425 g/mol. The third-order valence-corrected chi connectivity index (χ3v) is 6.48. The van der Waals surface area contributed by atoms with Gasteiger partial charge in [0.2, 0.25) is 17.3 Å². The van der Waals surface area contributed by atoms with Gasteiger partial charge in [0.05, 0.1) is 7.11 Å². The molecule has 1 aliphatic rings. The van der Waals surface area contributed by atoms with E-state index in [4.69, 9.17) is 18.5 Å². The molecule has 1 heterocycles. The highest BCUT2D eigenvalue weighted by Gasteiger charge is 2.51. The summed E-state index contributed by atoms with van der Waals surface area (Å²) in [7, 11) is -2.26. The normalized spacial score (nSPS) is 14.6. The zero-order valence-electron chi connectivity index (χ0n) is 16.2. The summed E-state index contributed by atoms with van der Waals surface area (Å²) in [6.07, 6.45) is -0.738. The zero-order chi connectivity index (χ0) is 21.0. The van der Waals surface area contributed by atoms with Gasteiger partial charge in [0.15, 0.2) is 0 Å². The van der Waals surface area contributed by atoms with Gasteiger partial charge in [0.25, 0.3) is 0 Å². The molecule has 3 aromatic rings. The lowest BCUT2D eigenvalue weighted by molar-refractivity contribution is -0.203. The molecule has 1 unspecified atom stereocenters. The third-order valence-electron chi connectivity index (χ3n) is 4.52. The van der Waals surface area contributed by atoms with Crippen molar-refractivity contribution in [1.82, 2.24) is 5.32 Å². The fraction of sp³-hybridized carbons (Fsp3) is 0.136. The van der Waals surface area contributed by atoms with E-state index in [1.165, 1.54) is 0 Å². The van der Waals surface area contributed by atoms with Crippen LogP contribution in [0.2, 0.25) is 0 Å². The maximum atomic E-state index is 13.6. The van der Waals surface area contributed by atoms with Crippen LogP contribution in [-0.2, 0) is 11.3 Å². The minimum absolute atomic E-state index is 0.0776. The van der Waals surface area contributed by atoms with Crippen LogP contribution in [0.15, 0.2) is 78.9 Å². The highest BCUT2D eigenvalue weighted by atomic mass is 31.2. The Kier molecular flexibility index (Phi) is 5.74. The molecule has 154 valence electrons. The highest BCUT2D eigenvalue weighted by Crippen LogP contribution is 2.68. The van der Waals surface area contributed by atoms with Crippen molar-refractivity contribution in [3.05, 3.63) is 90.0 Å². The molecule has 4 rings (SSSR count). The van der Waals surface area contributed by atoms with E-state index in [0.29, 0.717) is 22.8 Å². The molecule has 0 fully saturated rings. The Morgan fingerprint density at radius 1 is 0.967 bits per heavy atom.